The summed E-state index contributed by atoms with van der Waals surface area (Å²) in [5.74, 6) is -0.762. The molecule has 3 rings (SSSR count). The highest BCUT2D eigenvalue weighted by Crippen LogP contribution is 2.30. The van der Waals surface area contributed by atoms with Gasteiger partial charge in [0.05, 0.1) is 12.1 Å². The number of pyridine rings is 1. The summed E-state index contributed by atoms with van der Waals surface area (Å²) in [7, 11) is 0. The molecule has 1 amide bonds. The number of hydrogen-bond donors (Lipinski definition) is 1. The molecule has 0 bridgehead atoms. The van der Waals surface area contributed by atoms with Crippen LogP contribution in [0.3, 0.4) is 0 Å². The highest BCUT2D eigenvalue weighted by Gasteiger charge is 2.30. The number of carbonyl (C=O) groups is 1. The van der Waals surface area contributed by atoms with Crippen LogP contribution in [0.15, 0.2) is 77.7 Å². The quantitative estimate of drug-likeness (QED) is 0.747. The van der Waals surface area contributed by atoms with E-state index in [1.54, 1.807) is 12.3 Å². The molecule has 1 N–H and O–H groups in total. The van der Waals surface area contributed by atoms with Crippen LogP contribution in [0.2, 0.25) is 0 Å². The van der Waals surface area contributed by atoms with Crippen LogP contribution in [0.25, 0.3) is 0 Å². The molecule has 0 aliphatic heterocycles. The van der Waals surface area contributed by atoms with Gasteiger partial charge in [0.1, 0.15) is 5.56 Å². The Morgan fingerprint density at radius 1 is 0.963 bits per heavy atom. The first kappa shape index (κ1) is 18.4. The van der Waals surface area contributed by atoms with Crippen molar-refractivity contribution in [2.45, 2.75) is 12.7 Å². The summed E-state index contributed by atoms with van der Waals surface area (Å²) in [6.45, 7) is 0.282. The van der Waals surface area contributed by atoms with Crippen molar-refractivity contribution in [2.24, 2.45) is 0 Å². The summed E-state index contributed by atoms with van der Waals surface area (Å²) in [6.07, 6.45) is -2.97. The van der Waals surface area contributed by atoms with E-state index >= 15 is 0 Å². The molecule has 0 spiro atoms. The lowest BCUT2D eigenvalue weighted by atomic mass is 10.1. The second-order valence-electron chi connectivity index (χ2n) is 5.87. The maximum absolute atomic E-state index is 12.8. The number of anilines is 1. The number of benzene rings is 2. The molecule has 7 heteroatoms. The number of hydrogen-bond acceptors (Lipinski definition) is 2. The first-order valence-corrected chi connectivity index (χ1v) is 8.06. The molecule has 3 aromatic rings. The second kappa shape index (κ2) is 7.49. The van der Waals surface area contributed by atoms with Crippen molar-refractivity contribution in [2.75, 3.05) is 5.32 Å². The number of nitrogens with one attached hydrogen (secondary N) is 1. The number of aromatic nitrogens is 1. The molecule has 1 aromatic heterocycles. The van der Waals surface area contributed by atoms with E-state index in [2.05, 4.69) is 5.32 Å². The lowest BCUT2D eigenvalue weighted by Gasteiger charge is -2.11. The number of rotatable bonds is 4. The predicted octanol–water partition coefficient (Wildman–Crippen LogP) is 4.17. The summed E-state index contributed by atoms with van der Waals surface area (Å²) < 4.78 is 39.7. The molecular weight excluding hydrogens is 357 g/mol. The molecular formula is C20H15F3N2O2. The third kappa shape index (κ3) is 4.44. The fourth-order valence-electron chi connectivity index (χ4n) is 2.59. The number of halogens is 3. The average molecular weight is 372 g/mol. The molecule has 138 valence electrons. The minimum absolute atomic E-state index is 0.0345. The lowest BCUT2D eigenvalue weighted by Crippen LogP contribution is -2.29. The van der Waals surface area contributed by atoms with Gasteiger partial charge in [0, 0.05) is 11.9 Å². The Morgan fingerprint density at radius 3 is 2.41 bits per heavy atom. The number of alkyl halides is 3. The zero-order valence-corrected chi connectivity index (χ0v) is 14.0. The Hall–Kier alpha value is -3.35. The van der Waals surface area contributed by atoms with Crippen LogP contribution < -0.4 is 10.9 Å². The van der Waals surface area contributed by atoms with E-state index in [1.807, 2.05) is 30.3 Å². The van der Waals surface area contributed by atoms with E-state index in [9.17, 15) is 22.8 Å². The van der Waals surface area contributed by atoms with E-state index in [1.165, 1.54) is 22.8 Å². The SMILES string of the molecule is O=C(Nc1cccc(C(F)(F)F)c1)c1cccn(Cc2ccccc2)c1=O. The third-order valence-electron chi connectivity index (χ3n) is 3.91. The highest BCUT2D eigenvalue weighted by atomic mass is 19.4. The molecule has 0 aliphatic carbocycles. The standard InChI is InChI=1S/C20H15F3N2O2/c21-20(22,23)15-8-4-9-16(12-15)24-18(26)17-10-5-11-25(19(17)27)13-14-6-2-1-3-7-14/h1-12H,13H2,(H,24,26). The van der Waals surface area contributed by atoms with Crippen molar-refractivity contribution >= 4 is 11.6 Å². The summed E-state index contributed by atoms with van der Waals surface area (Å²) in [5, 5.41) is 2.35. The number of amides is 1. The molecule has 2 aromatic carbocycles. The van der Waals surface area contributed by atoms with Gasteiger partial charge in [0.15, 0.2) is 0 Å². The van der Waals surface area contributed by atoms with Gasteiger partial charge in [0.25, 0.3) is 11.5 Å². The summed E-state index contributed by atoms with van der Waals surface area (Å²) in [5.41, 5.74) is -0.700. The predicted molar refractivity (Wildman–Crippen MR) is 95.6 cm³/mol. The summed E-state index contributed by atoms with van der Waals surface area (Å²) >= 11 is 0. The zero-order chi connectivity index (χ0) is 19.4. The smallest absolute Gasteiger partial charge is 0.322 e. The summed E-state index contributed by atoms with van der Waals surface area (Å²) in [6, 6.07) is 16.4. The lowest BCUT2D eigenvalue weighted by molar-refractivity contribution is -0.137. The van der Waals surface area contributed by atoms with E-state index in [0.29, 0.717) is 0 Å². The maximum Gasteiger partial charge on any atom is 0.416 e. The van der Waals surface area contributed by atoms with Gasteiger partial charge in [-0.3, -0.25) is 9.59 Å². The fraction of sp³-hybridized carbons (Fsp3) is 0.100. The van der Waals surface area contributed by atoms with Gasteiger partial charge in [-0.05, 0) is 35.9 Å². The van der Waals surface area contributed by atoms with Crippen LogP contribution in [0.1, 0.15) is 21.5 Å². The zero-order valence-electron chi connectivity index (χ0n) is 14.0. The Kier molecular flexibility index (Phi) is 5.12. The van der Waals surface area contributed by atoms with E-state index < -0.39 is 23.2 Å². The first-order valence-electron chi connectivity index (χ1n) is 8.06. The topological polar surface area (TPSA) is 51.1 Å². The minimum atomic E-state index is -4.52. The Bertz CT molecular complexity index is 1010. The Labute approximate surface area is 152 Å². The minimum Gasteiger partial charge on any atom is -0.322 e. The molecule has 0 saturated heterocycles. The van der Waals surface area contributed by atoms with Crippen molar-refractivity contribution < 1.29 is 18.0 Å². The van der Waals surface area contributed by atoms with Crippen LogP contribution >= 0.6 is 0 Å². The van der Waals surface area contributed by atoms with Crippen LogP contribution in [0, 0.1) is 0 Å². The average Bonchev–Trinajstić information content (AvgIpc) is 2.64. The Morgan fingerprint density at radius 2 is 1.70 bits per heavy atom. The molecule has 0 fully saturated rings. The molecule has 27 heavy (non-hydrogen) atoms. The van der Waals surface area contributed by atoms with Crippen LogP contribution in [-0.2, 0) is 12.7 Å². The normalized spacial score (nSPS) is 11.2. The van der Waals surface area contributed by atoms with Gasteiger partial charge in [-0.1, -0.05) is 36.4 Å². The van der Waals surface area contributed by atoms with Gasteiger partial charge in [-0.2, -0.15) is 13.2 Å². The molecule has 4 nitrogen and oxygen atoms in total. The largest absolute Gasteiger partial charge is 0.416 e. The van der Waals surface area contributed by atoms with Crippen LogP contribution in [0.4, 0.5) is 18.9 Å². The molecule has 0 radical (unpaired) electrons. The molecule has 0 unspecified atom stereocenters. The number of carbonyl (C=O) groups excluding carboxylic acids is 1. The molecule has 0 aliphatic rings. The highest BCUT2D eigenvalue weighted by molar-refractivity contribution is 6.04. The van der Waals surface area contributed by atoms with E-state index in [0.717, 1.165) is 17.7 Å². The van der Waals surface area contributed by atoms with Crippen LogP contribution in [0.5, 0.6) is 0 Å². The van der Waals surface area contributed by atoms with Crippen LogP contribution in [-0.4, -0.2) is 10.5 Å². The van der Waals surface area contributed by atoms with Gasteiger partial charge in [0.2, 0.25) is 0 Å². The van der Waals surface area contributed by atoms with Crippen molar-refractivity contribution in [1.29, 1.82) is 0 Å². The van der Waals surface area contributed by atoms with Crippen molar-refractivity contribution in [3.63, 3.8) is 0 Å². The molecule has 0 saturated carbocycles. The summed E-state index contributed by atoms with van der Waals surface area (Å²) in [4.78, 5) is 24.9. The van der Waals surface area contributed by atoms with Gasteiger partial charge in [-0.15, -0.1) is 0 Å². The van der Waals surface area contributed by atoms with Gasteiger partial charge >= 0.3 is 6.18 Å². The Balaban J connectivity index is 1.84. The fourth-order valence-corrected chi connectivity index (χ4v) is 2.59. The molecule has 0 atom stereocenters. The van der Waals surface area contributed by atoms with Crippen molar-refractivity contribution in [3.05, 3.63) is 100.0 Å². The number of nitrogens with zero attached hydrogens (tertiary/aromatic N) is 1. The molecule has 1 heterocycles. The second-order valence-corrected chi connectivity index (χ2v) is 5.87. The monoisotopic (exact) mass is 372 g/mol. The van der Waals surface area contributed by atoms with E-state index in [4.69, 9.17) is 0 Å². The third-order valence-corrected chi connectivity index (χ3v) is 3.91. The van der Waals surface area contributed by atoms with Gasteiger partial charge in [-0.25, -0.2) is 0 Å². The van der Waals surface area contributed by atoms with Gasteiger partial charge < -0.3 is 9.88 Å². The van der Waals surface area contributed by atoms with Crippen molar-refractivity contribution in [3.8, 4) is 0 Å². The van der Waals surface area contributed by atoms with Crippen molar-refractivity contribution in [1.82, 2.24) is 4.57 Å². The van der Waals surface area contributed by atoms with E-state index in [-0.39, 0.29) is 17.8 Å². The maximum atomic E-state index is 12.8. The first-order chi connectivity index (χ1) is 12.8.